The second kappa shape index (κ2) is 6.19. The largest absolute Gasteiger partial charge is 0.397 e. The molecule has 0 spiro atoms. The van der Waals surface area contributed by atoms with Crippen LogP contribution in [-0.2, 0) is 6.54 Å². The monoisotopic (exact) mass is 281 g/mol. The van der Waals surface area contributed by atoms with Gasteiger partial charge in [-0.3, -0.25) is 4.90 Å². The lowest BCUT2D eigenvalue weighted by molar-refractivity contribution is 0.221. The van der Waals surface area contributed by atoms with Gasteiger partial charge in [0.2, 0.25) is 0 Å². The summed E-state index contributed by atoms with van der Waals surface area (Å²) >= 11 is 0. The molecule has 0 aliphatic carbocycles. The molecule has 3 heteroatoms. The Morgan fingerprint density at radius 3 is 2.43 bits per heavy atom. The molecular formula is C18H23N3. The summed E-state index contributed by atoms with van der Waals surface area (Å²) in [4.78, 5) is 4.95. The quantitative estimate of drug-likeness (QED) is 0.878. The van der Waals surface area contributed by atoms with Gasteiger partial charge in [-0.2, -0.15) is 0 Å². The van der Waals surface area contributed by atoms with Crippen molar-refractivity contribution in [3.8, 4) is 0 Å². The maximum absolute atomic E-state index is 6.12. The molecule has 110 valence electrons. The van der Waals surface area contributed by atoms with Gasteiger partial charge in [0, 0.05) is 32.2 Å². The minimum Gasteiger partial charge on any atom is -0.397 e. The summed E-state index contributed by atoms with van der Waals surface area (Å²) in [5, 5.41) is 0. The topological polar surface area (TPSA) is 32.5 Å². The van der Waals surface area contributed by atoms with E-state index in [-0.39, 0.29) is 0 Å². The third kappa shape index (κ3) is 3.19. The van der Waals surface area contributed by atoms with Crippen LogP contribution in [0, 0.1) is 0 Å². The van der Waals surface area contributed by atoms with E-state index in [0.717, 1.165) is 31.9 Å². The highest BCUT2D eigenvalue weighted by molar-refractivity contribution is 5.67. The van der Waals surface area contributed by atoms with Gasteiger partial charge in [-0.25, -0.2) is 0 Å². The zero-order valence-corrected chi connectivity index (χ0v) is 12.6. The summed E-state index contributed by atoms with van der Waals surface area (Å²) in [6.07, 6.45) is 0. The zero-order valence-electron chi connectivity index (χ0n) is 12.6. The van der Waals surface area contributed by atoms with Crippen molar-refractivity contribution in [2.45, 2.75) is 19.5 Å². The van der Waals surface area contributed by atoms with Crippen LogP contribution in [-0.4, -0.2) is 30.6 Å². The molecule has 0 radical (unpaired) electrons. The van der Waals surface area contributed by atoms with Gasteiger partial charge in [-0.15, -0.1) is 0 Å². The number of nitrogens with two attached hydrogens (primary N) is 1. The summed E-state index contributed by atoms with van der Waals surface area (Å²) < 4.78 is 0. The molecular weight excluding hydrogens is 258 g/mol. The number of hydrogen-bond acceptors (Lipinski definition) is 3. The van der Waals surface area contributed by atoms with E-state index < -0.39 is 0 Å². The van der Waals surface area contributed by atoms with Crippen LogP contribution in [0.5, 0.6) is 0 Å². The molecule has 1 unspecified atom stereocenters. The first-order valence-corrected chi connectivity index (χ1v) is 7.61. The zero-order chi connectivity index (χ0) is 14.7. The first kappa shape index (κ1) is 14.0. The van der Waals surface area contributed by atoms with E-state index in [1.807, 2.05) is 12.1 Å². The predicted molar refractivity (Wildman–Crippen MR) is 89.4 cm³/mol. The van der Waals surface area contributed by atoms with Crippen LogP contribution >= 0.6 is 0 Å². The molecule has 1 saturated heterocycles. The fraction of sp³-hybridized carbons (Fsp3) is 0.333. The highest BCUT2D eigenvalue weighted by atomic mass is 15.3. The van der Waals surface area contributed by atoms with E-state index in [9.17, 15) is 0 Å². The number of anilines is 2. The normalized spacial score (nSPS) is 19.7. The molecule has 2 aromatic carbocycles. The molecule has 1 heterocycles. The van der Waals surface area contributed by atoms with Crippen molar-refractivity contribution in [1.29, 1.82) is 0 Å². The van der Waals surface area contributed by atoms with Crippen LogP contribution in [0.15, 0.2) is 54.6 Å². The number of piperazine rings is 1. The number of nitrogen functional groups attached to an aromatic ring is 1. The Bertz CT molecular complexity index is 582. The molecule has 21 heavy (non-hydrogen) atoms. The van der Waals surface area contributed by atoms with Crippen LogP contribution in [0.4, 0.5) is 11.4 Å². The molecule has 0 saturated carbocycles. The highest BCUT2D eigenvalue weighted by Crippen LogP contribution is 2.26. The molecule has 2 aromatic rings. The minimum absolute atomic E-state index is 0.479. The number of benzene rings is 2. The van der Waals surface area contributed by atoms with Crippen molar-refractivity contribution >= 4 is 11.4 Å². The second-order valence-electron chi connectivity index (χ2n) is 5.82. The third-order valence-electron chi connectivity index (χ3n) is 4.21. The predicted octanol–water partition coefficient (Wildman–Crippen LogP) is 2.98. The van der Waals surface area contributed by atoms with Crippen molar-refractivity contribution in [3.05, 3.63) is 60.2 Å². The van der Waals surface area contributed by atoms with Crippen molar-refractivity contribution in [3.63, 3.8) is 0 Å². The van der Waals surface area contributed by atoms with Crippen molar-refractivity contribution in [2.75, 3.05) is 30.3 Å². The Kier molecular flexibility index (Phi) is 4.11. The SMILES string of the molecule is CC1CN(Cc2ccccc2)CCN1c1ccccc1N. The van der Waals surface area contributed by atoms with Gasteiger partial charge in [-0.1, -0.05) is 42.5 Å². The summed E-state index contributed by atoms with van der Waals surface area (Å²) in [5.74, 6) is 0. The summed E-state index contributed by atoms with van der Waals surface area (Å²) in [6, 6.07) is 19.3. The van der Waals surface area contributed by atoms with Crippen LogP contribution < -0.4 is 10.6 Å². The Morgan fingerprint density at radius 1 is 1.00 bits per heavy atom. The van der Waals surface area contributed by atoms with Crippen LogP contribution in [0.1, 0.15) is 12.5 Å². The Labute approximate surface area is 127 Å². The van der Waals surface area contributed by atoms with E-state index in [1.54, 1.807) is 0 Å². The summed E-state index contributed by atoms with van der Waals surface area (Å²) in [5.41, 5.74) is 9.55. The van der Waals surface area contributed by atoms with Crippen molar-refractivity contribution < 1.29 is 0 Å². The minimum atomic E-state index is 0.479. The molecule has 1 fully saturated rings. The maximum atomic E-state index is 6.12. The third-order valence-corrected chi connectivity index (χ3v) is 4.21. The Balaban J connectivity index is 1.66. The number of para-hydroxylation sites is 2. The molecule has 1 aliphatic heterocycles. The van der Waals surface area contributed by atoms with E-state index in [4.69, 9.17) is 5.73 Å². The number of hydrogen-bond donors (Lipinski definition) is 1. The molecule has 1 atom stereocenters. The lowest BCUT2D eigenvalue weighted by Crippen LogP contribution is -2.51. The molecule has 3 rings (SSSR count). The molecule has 0 amide bonds. The fourth-order valence-corrected chi connectivity index (χ4v) is 3.13. The molecule has 3 nitrogen and oxygen atoms in total. The first-order chi connectivity index (χ1) is 10.2. The van der Waals surface area contributed by atoms with E-state index in [1.165, 1.54) is 11.3 Å². The second-order valence-corrected chi connectivity index (χ2v) is 5.82. The van der Waals surface area contributed by atoms with Gasteiger partial charge >= 0.3 is 0 Å². The van der Waals surface area contributed by atoms with E-state index >= 15 is 0 Å². The van der Waals surface area contributed by atoms with Gasteiger partial charge in [0.25, 0.3) is 0 Å². The smallest absolute Gasteiger partial charge is 0.0603 e. The standard InChI is InChI=1S/C18H23N3/c1-15-13-20(14-16-7-3-2-4-8-16)11-12-21(15)18-10-6-5-9-17(18)19/h2-10,15H,11-14,19H2,1H3. The lowest BCUT2D eigenvalue weighted by atomic mass is 10.1. The van der Waals surface area contributed by atoms with Crippen LogP contribution in [0.25, 0.3) is 0 Å². The molecule has 0 bridgehead atoms. The Hall–Kier alpha value is -2.00. The van der Waals surface area contributed by atoms with E-state index in [2.05, 4.69) is 59.2 Å². The lowest BCUT2D eigenvalue weighted by Gasteiger charge is -2.41. The average molecular weight is 281 g/mol. The highest BCUT2D eigenvalue weighted by Gasteiger charge is 2.24. The average Bonchev–Trinajstić information content (AvgIpc) is 2.50. The van der Waals surface area contributed by atoms with Crippen LogP contribution in [0.2, 0.25) is 0 Å². The maximum Gasteiger partial charge on any atom is 0.0603 e. The molecule has 2 N–H and O–H groups in total. The Morgan fingerprint density at radius 2 is 1.71 bits per heavy atom. The van der Waals surface area contributed by atoms with E-state index in [0.29, 0.717) is 6.04 Å². The number of rotatable bonds is 3. The molecule has 0 aromatic heterocycles. The molecule has 1 aliphatic rings. The summed E-state index contributed by atoms with van der Waals surface area (Å²) in [7, 11) is 0. The number of nitrogens with zero attached hydrogens (tertiary/aromatic N) is 2. The van der Waals surface area contributed by atoms with Gasteiger partial charge in [-0.05, 0) is 24.6 Å². The van der Waals surface area contributed by atoms with Crippen molar-refractivity contribution in [1.82, 2.24) is 4.90 Å². The van der Waals surface area contributed by atoms with Gasteiger partial charge in [0.15, 0.2) is 0 Å². The van der Waals surface area contributed by atoms with Crippen molar-refractivity contribution in [2.24, 2.45) is 0 Å². The first-order valence-electron chi connectivity index (χ1n) is 7.61. The van der Waals surface area contributed by atoms with Gasteiger partial charge in [0.05, 0.1) is 11.4 Å². The van der Waals surface area contributed by atoms with Gasteiger partial charge < -0.3 is 10.6 Å². The summed E-state index contributed by atoms with van der Waals surface area (Å²) in [6.45, 7) is 6.49. The van der Waals surface area contributed by atoms with Crippen LogP contribution in [0.3, 0.4) is 0 Å². The van der Waals surface area contributed by atoms with Gasteiger partial charge in [0.1, 0.15) is 0 Å². The fourth-order valence-electron chi connectivity index (χ4n) is 3.13.